The summed E-state index contributed by atoms with van der Waals surface area (Å²) in [6, 6.07) is 15.6. The van der Waals surface area contributed by atoms with Crippen molar-refractivity contribution in [2.24, 2.45) is 0 Å². The molecule has 0 aliphatic heterocycles. The smallest absolute Gasteiger partial charge is 0.259 e. The highest BCUT2D eigenvalue weighted by Gasteiger charge is 2.09. The molecule has 0 aliphatic rings. The highest BCUT2D eigenvalue weighted by Crippen LogP contribution is 2.17. The summed E-state index contributed by atoms with van der Waals surface area (Å²) in [6.07, 6.45) is 0. The SMILES string of the molecule is O=C(Nc1ccccc1)c1ccccc1O.[Cl-]. The molecule has 2 aromatic carbocycles. The molecule has 0 fully saturated rings. The van der Waals surface area contributed by atoms with Gasteiger partial charge in [-0.25, -0.2) is 0 Å². The van der Waals surface area contributed by atoms with E-state index in [1.807, 2.05) is 18.2 Å². The minimum atomic E-state index is -0.315. The minimum Gasteiger partial charge on any atom is -1.00 e. The van der Waals surface area contributed by atoms with Crippen LogP contribution in [0.5, 0.6) is 5.75 Å². The normalized spacial score (nSPS) is 9.18. The Morgan fingerprint density at radius 2 is 1.53 bits per heavy atom. The predicted molar refractivity (Wildman–Crippen MR) is 62.5 cm³/mol. The van der Waals surface area contributed by atoms with Crippen molar-refractivity contribution in [2.45, 2.75) is 0 Å². The molecular formula is C13H11ClNO2-. The molecule has 0 saturated carbocycles. The molecule has 0 unspecified atom stereocenters. The van der Waals surface area contributed by atoms with Crippen molar-refractivity contribution in [1.82, 2.24) is 0 Å². The number of benzene rings is 2. The first-order valence-corrected chi connectivity index (χ1v) is 4.92. The lowest BCUT2D eigenvalue weighted by atomic mass is 10.2. The number of amides is 1. The largest absolute Gasteiger partial charge is 1.00 e. The summed E-state index contributed by atoms with van der Waals surface area (Å²) >= 11 is 0. The van der Waals surface area contributed by atoms with Crippen molar-refractivity contribution in [3.63, 3.8) is 0 Å². The van der Waals surface area contributed by atoms with Gasteiger partial charge in [-0.15, -0.1) is 0 Å². The van der Waals surface area contributed by atoms with Gasteiger partial charge in [-0.3, -0.25) is 4.79 Å². The number of para-hydroxylation sites is 2. The van der Waals surface area contributed by atoms with Gasteiger partial charge in [-0.1, -0.05) is 30.3 Å². The quantitative estimate of drug-likeness (QED) is 0.763. The highest BCUT2D eigenvalue weighted by atomic mass is 35.5. The molecule has 88 valence electrons. The monoisotopic (exact) mass is 248 g/mol. The first-order chi connectivity index (χ1) is 7.77. The van der Waals surface area contributed by atoms with Crippen molar-refractivity contribution in [2.75, 3.05) is 5.32 Å². The van der Waals surface area contributed by atoms with Crippen LogP contribution >= 0.6 is 0 Å². The zero-order valence-corrected chi connectivity index (χ0v) is 9.69. The number of phenols is 1. The molecule has 2 rings (SSSR count). The Morgan fingerprint density at radius 3 is 2.18 bits per heavy atom. The summed E-state index contributed by atoms with van der Waals surface area (Å²) in [5.41, 5.74) is 0.974. The van der Waals surface area contributed by atoms with Gasteiger partial charge in [0.1, 0.15) is 5.75 Å². The molecule has 0 atom stereocenters. The van der Waals surface area contributed by atoms with E-state index in [1.165, 1.54) is 6.07 Å². The third kappa shape index (κ3) is 3.23. The molecule has 1 amide bonds. The first kappa shape index (κ1) is 13.1. The first-order valence-electron chi connectivity index (χ1n) is 4.92. The molecule has 0 saturated heterocycles. The number of anilines is 1. The van der Waals surface area contributed by atoms with Gasteiger partial charge in [0, 0.05) is 5.69 Å². The Morgan fingerprint density at radius 1 is 0.941 bits per heavy atom. The van der Waals surface area contributed by atoms with Crippen LogP contribution in [0.15, 0.2) is 54.6 Å². The molecular weight excluding hydrogens is 238 g/mol. The van der Waals surface area contributed by atoms with Gasteiger partial charge in [0.2, 0.25) is 0 Å². The lowest BCUT2D eigenvalue weighted by Gasteiger charge is -2.05. The van der Waals surface area contributed by atoms with Crippen molar-refractivity contribution in [3.8, 4) is 5.75 Å². The maximum absolute atomic E-state index is 11.8. The van der Waals surface area contributed by atoms with Gasteiger partial charge in [-0.2, -0.15) is 0 Å². The molecule has 0 radical (unpaired) electrons. The summed E-state index contributed by atoms with van der Waals surface area (Å²) in [7, 11) is 0. The number of hydrogen-bond donors (Lipinski definition) is 2. The number of halogens is 1. The topological polar surface area (TPSA) is 49.3 Å². The zero-order chi connectivity index (χ0) is 11.4. The minimum absolute atomic E-state index is 0. The van der Waals surface area contributed by atoms with Crippen molar-refractivity contribution >= 4 is 11.6 Å². The maximum atomic E-state index is 11.8. The van der Waals surface area contributed by atoms with E-state index in [0.29, 0.717) is 5.69 Å². The van der Waals surface area contributed by atoms with E-state index < -0.39 is 0 Å². The van der Waals surface area contributed by atoms with Crippen LogP contribution in [0.4, 0.5) is 5.69 Å². The van der Waals surface area contributed by atoms with E-state index >= 15 is 0 Å². The Labute approximate surface area is 106 Å². The predicted octanol–water partition coefficient (Wildman–Crippen LogP) is -0.352. The molecule has 4 heteroatoms. The molecule has 2 aromatic rings. The highest BCUT2D eigenvalue weighted by molar-refractivity contribution is 6.06. The van der Waals surface area contributed by atoms with Gasteiger partial charge < -0.3 is 22.8 Å². The Hall–Kier alpha value is -2.00. The van der Waals surface area contributed by atoms with Crippen molar-refractivity contribution < 1.29 is 22.3 Å². The molecule has 0 spiro atoms. The van der Waals surface area contributed by atoms with E-state index in [1.54, 1.807) is 30.3 Å². The van der Waals surface area contributed by atoms with Crippen LogP contribution in [0.2, 0.25) is 0 Å². The second kappa shape index (κ2) is 5.92. The number of nitrogens with one attached hydrogen (secondary N) is 1. The second-order valence-electron chi connectivity index (χ2n) is 3.34. The fourth-order valence-corrected chi connectivity index (χ4v) is 1.39. The van der Waals surface area contributed by atoms with E-state index in [4.69, 9.17) is 0 Å². The number of hydrogen-bond acceptors (Lipinski definition) is 2. The Bertz CT molecular complexity index is 500. The number of carbonyl (C=O) groups is 1. The fraction of sp³-hybridized carbons (Fsp3) is 0. The lowest BCUT2D eigenvalue weighted by Crippen LogP contribution is -3.00. The molecule has 0 heterocycles. The van der Waals surface area contributed by atoms with Gasteiger partial charge in [0.25, 0.3) is 5.91 Å². The summed E-state index contributed by atoms with van der Waals surface area (Å²) < 4.78 is 0. The summed E-state index contributed by atoms with van der Waals surface area (Å²) in [6.45, 7) is 0. The third-order valence-corrected chi connectivity index (χ3v) is 2.18. The molecule has 0 aromatic heterocycles. The maximum Gasteiger partial charge on any atom is 0.259 e. The number of rotatable bonds is 2. The lowest BCUT2D eigenvalue weighted by molar-refractivity contribution is -0.0000122. The summed E-state index contributed by atoms with van der Waals surface area (Å²) in [4.78, 5) is 11.8. The summed E-state index contributed by atoms with van der Waals surface area (Å²) in [5, 5.41) is 12.2. The zero-order valence-electron chi connectivity index (χ0n) is 8.93. The molecule has 0 bridgehead atoms. The van der Waals surface area contributed by atoms with Gasteiger partial charge in [-0.05, 0) is 24.3 Å². The van der Waals surface area contributed by atoms with Crippen LogP contribution in [0, 0.1) is 0 Å². The van der Waals surface area contributed by atoms with Crippen molar-refractivity contribution in [3.05, 3.63) is 60.2 Å². The van der Waals surface area contributed by atoms with Crippen LogP contribution < -0.4 is 17.7 Å². The average molecular weight is 249 g/mol. The fourth-order valence-electron chi connectivity index (χ4n) is 1.39. The van der Waals surface area contributed by atoms with Crippen LogP contribution in [-0.2, 0) is 0 Å². The van der Waals surface area contributed by atoms with E-state index in [-0.39, 0.29) is 29.6 Å². The second-order valence-corrected chi connectivity index (χ2v) is 3.34. The Kier molecular flexibility index (Phi) is 4.55. The molecule has 17 heavy (non-hydrogen) atoms. The Balaban J connectivity index is 0.00000144. The van der Waals surface area contributed by atoms with Gasteiger partial charge in [0.05, 0.1) is 5.56 Å². The molecule has 3 nitrogen and oxygen atoms in total. The van der Waals surface area contributed by atoms with Crippen LogP contribution in [0.25, 0.3) is 0 Å². The standard InChI is InChI=1S/C13H11NO2.ClH/c15-12-9-5-4-8-11(12)13(16)14-10-6-2-1-3-7-10;/h1-9,15H,(H,14,16);1H/p-1. The summed E-state index contributed by atoms with van der Waals surface area (Å²) in [5.74, 6) is -0.333. The van der Waals surface area contributed by atoms with Gasteiger partial charge >= 0.3 is 0 Å². The van der Waals surface area contributed by atoms with Crippen LogP contribution in [0.1, 0.15) is 10.4 Å². The van der Waals surface area contributed by atoms with Crippen LogP contribution in [0.3, 0.4) is 0 Å². The average Bonchev–Trinajstić information content (AvgIpc) is 2.31. The molecule has 2 N–H and O–H groups in total. The van der Waals surface area contributed by atoms with E-state index in [9.17, 15) is 9.90 Å². The number of carbonyl (C=O) groups excluding carboxylic acids is 1. The third-order valence-electron chi connectivity index (χ3n) is 2.18. The number of phenolic OH excluding ortho intramolecular Hbond substituents is 1. The van der Waals surface area contributed by atoms with Gasteiger partial charge in [0.15, 0.2) is 0 Å². The molecule has 0 aliphatic carbocycles. The van der Waals surface area contributed by atoms with E-state index in [0.717, 1.165) is 0 Å². The van der Waals surface area contributed by atoms with Crippen LogP contribution in [-0.4, -0.2) is 11.0 Å². The van der Waals surface area contributed by atoms with E-state index in [2.05, 4.69) is 5.32 Å². The number of aromatic hydroxyl groups is 1. The van der Waals surface area contributed by atoms with Crippen molar-refractivity contribution in [1.29, 1.82) is 0 Å².